The van der Waals surface area contributed by atoms with Crippen LogP contribution in [0.15, 0.2) is 21.8 Å². The van der Waals surface area contributed by atoms with E-state index >= 15 is 0 Å². The molecule has 2 N–H and O–H groups in total. The van der Waals surface area contributed by atoms with Gasteiger partial charge in [0.05, 0.1) is 25.8 Å². The Kier molecular flexibility index (Phi) is 13.2. The number of ether oxygens (including phenoxy) is 2. The molecule has 1 heterocycles. The Morgan fingerprint density at radius 1 is 1.19 bits per heavy atom. The van der Waals surface area contributed by atoms with Crippen molar-refractivity contribution in [2.75, 3.05) is 59.7 Å². The Bertz CT molecular complexity index is 464. The Morgan fingerprint density at radius 3 is 2.62 bits per heavy atom. The van der Waals surface area contributed by atoms with Gasteiger partial charge in [-0.1, -0.05) is 13.8 Å². The monoisotopic (exact) mass is 384 g/mol. The Balaban J connectivity index is 2.53. The molecule has 0 aliphatic heterocycles. The Labute approximate surface area is 163 Å². The van der Waals surface area contributed by atoms with E-state index in [2.05, 4.69) is 53.1 Å². The summed E-state index contributed by atoms with van der Waals surface area (Å²) in [5.74, 6) is 0.872. The van der Waals surface area contributed by atoms with E-state index in [9.17, 15) is 0 Å². The summed E-state index contributed by atoms with van der Waals surface area (Å²) in [4.78, 5) is 7.29. The van der Waals surface area contributed by atoms with Gasteiger partial charge in [0.1, 0.15) is 0 Å². The second-order valence-electron chi connectivity index (χ2n) is 5.90. The lowest BCUT2D eigenvalue weighted by Crippen LogP contribution is -2.39. The summed E-state index contributed by atoms with van der Waals surface area (Å²) in [6, 6.07) is 2.53. The number of methoxy groups -OCH3 is 1. The molecule has 0 aliphatic carbocycles. The van der Waals surface area contributed by atoms with Gasteiger partial charge in [0.25, 0.3) is 0 Å². The summed E-state index contributed by atoms with van der Waals surface area (Å²) in [7, 11) is 1.69. The quantitative estimate of drug-likeness (QED) is 0.293. The number of guanidine groups is 1. The maximum atomic E-state index is 5.49. The molecular formula is C19H36N4O2S. The minimum atomic E-state index is 0.323. The van der Waals surface area contributed by atoms with Crippen molar-refractivity contribution in [2.24, 2.45) is 4.99 Å². The van der Waals surface area contributed by atoms with Crippen LogP contribution < -0.4 is 10.6 Å². The topological polar surface area (TPSA) is 58.1 Å². The number of nitrogens with zero attached hydrogens (tertiary/aromatic N) is 2. The number of hydrogen-bond donors (Lipinski definition) is 2. The van der Waals surface area contributed by atoms with E-state index in [1.165, 1.54) is 5.56 Å². The molecule has 150 valence electrons. The van der Waals surface area contributed by atoms with Crippen LogP contribution in [-0.2, 0) is 9.47 Å². The first-order chi connectivity index (χ1) is 12.8. The number of thiophene rings is 1. The van der Waals surface area contributed by atoms with E-state index in [1.807, 2.05) is 0 Å². The van der Waals surface area contributed by atoms with Gasteiger partial charge in [-0.05, 0) is 48.8 Å². The third kappa shape index (κ3) is 8.98. The first-order valence-electron chi connectivity index (χ1n) is 9.61. The van der Waals surface area contributed by atoms with Gasteiger partial charge in [0, 0.05) is 26.8 Å². The van der Waals surface area contributed by atoms with Gasteiger partial charge in [-0.2, -0.15) is 11.3 Å². The fourth-order valence-corrected chi connectivity index (χ4v) is 3.41. The van der Waals surface area contributed by atoms with Crippen LogP contribution in [0.1, 0.15) is 38.8 Å². The van der Waals surface area contributed by atoms with Gasteiger partial charge >= 0.3 is 0 Å². The molecule has 1 rings (SSSR count). The number of nitrogens with one attached hydrogen (secondary N) is 2. The average molecular weight is 385 g/mol. The van der Waals surface area contributed by atoms with Crippen LogP contribution >= 0.6 is 11.3 Å². The lowest BCUT2D eigenvalue weighted by atomic mass is 10.1. The second-order valence-corrected chi connectivity index (χ2v) is 6.68. The fraction of sp³-hybridized carbons (Fsp3) is 0.737. The molecule has 0 aromatic carbocycles. The molecule has 0 amide bonds. The van der Waals surface area contributed by atoms with Crippen LogP contribution in [0.3, 0.4) is 0 Å². The van der Waals surface area contributed by atoms with Crippen LogP contribution in [0.2, 0.25) is 0 Å². The minimum Gasteiger partial charge on any atom is -0.382 e. The molecule has 1 aromatic heterocycles. The number of rotatable bonds is 14. The highest BCUT2D eigenvalue weighted by Gasteiger charge is 2.18. The molecule has 1 atom stereocenters. The van der Waals surface area contributed by atoms with Gasteiger partial charge < -0.3 is 20.1 Å². The summed E-state index contributed by atoms with van der Waals surface area (Å²) in [6.07, 6.45) is 0.943. The first kappa shape index (κ1) is 22.9. The molecule has 7 heteroatoms. The third-order valence-corrected chi connectivity index (χ3v) is 4.84. The smallest absolute Gasteiger partial charge is 0.191 e. The van der Waals surface area contributed by atoms with Crippen LogP contribution in [0.25, 0.3) is 0 Å². The number of aliphatic imine (C=N–C) groups is 1. The van der Waals surface area contributed by atoms with Crippen molar-refractivity contribution < 1.29 is 9.47 Å². The summed E-state index contributed by atoms with van der Waals surface area (Å²) in [5, 5.41) is 11.1. The predicted octanol–water partition coefficient (Wildman–Crippen LogP) is 2.74. The van der Waals surface area contributed by atoms with Crippen molar-refractivity contribution in [1.29, 1.82) is 0 Å². The first-order valence-corrected chi connectivity index (χ1v) is 10.6. The largest absolute Gasteiger partial charge is 0.382 e. The van der Waals surface area contributed by atoms with Gasteiger partial charge in [-0.15, -0.1) is 0 Å². The molecule has 0 saturated carbocycles. The minimum absolute atomic E-state index is 0.323. The Hall–Kier alpha value is -1.15. The summed E-state index contributed by atoms with van der Waals surface area (Å²) >= 11 is 1.75. The van der Waals surface area contributed by atoms with E-state index in [0.717, 1.165) is 51.7 Å². The van der Waals surface area contributed by atoms with Crippen molar-refractivity contribution in [2.45, 2.75) is 33.2 Å². The SMILES string of the molecule is CCNC(=NCC(c1ccsc1)N(CC)CC)NCCCOCCOC. The predicted molar refractivity (Wildman–Crippen MR) is 111 cm³/mol. The van der Waals surface area contributed by atoms with Crippen molar-refractivity contribution in [1.82, 2.24) is 15.5 Å². The van der Waals surface area contributed by atoms with Gasteiger partial charge in [0.2, 0.25) is 0 Å². The third-order valence-electron chi connectivity index (χ3n) is 4.14. The van der Waals surface area contributed by atoms with Crippen molar-refractivity contribution in [3.05, 3.63) is 22.4 Å². The van der Waals surface area contributed by atoms with Gasteiger partial charge in [0.15, 0.2) is 5.96 Å². The average Bonchev–Trinajstić information content (AvgIpc) is 3.18. The molecule has 0 spiro atoms. The maximum absolute atomic E-state index is 5.49. The Morgan fingerprint density at radius 2 is 2.00 bits per heavy atom. The fourth-order valence-electron chi connectivity index (χ4n) is 2.71. The van der Waals surface area contributed by atoms with Crippen molar-refractivity contribution >= 4 is 17.3 Å². The molecule has 1 unspecified atom stereocenters. The highest BCUT2D eigenvalue weighted by molar-refractivity contribution is 7.07. The summed E-state index contributed by atoms with van der Waals surface area (Å²) in [5.41, 5.74) is 1.35. The summed E-state index contributed by atoms with van der Waals surface area (Å²) < 4.78 is 10.5. The van der Waals surface area contributed by atoms with Crippen molar-refractivity contribution in [3.63, 3.8) is 0 Å². The van der Waals surface area contributed by atoms with E-state index < -0.39 is 0 Å². The van der Waals surface area contributed by atoms with Gasteiger partial charge in [-0.25, -0.2) is 0 Å². The standard InChI is InChI=1S/C19H36N4O2S/c1-5-20-19(21-10-8-11-25-13-12-24-4)22-15-18(23(6-2)7-3)17-9-14-26-16-17/h9,14,16,18H,5-8,10-13,15H2,1-4H3,(H2,20,21,22). The zero-order chi connectivity index (χ0) is 19.0. The highest BCUT2D eigenvalue weighted by atomic mass is 32.1. The molecule has 0 aliphatic rings. The van der Waals surface area contributed by atoms with E-state index in [4.69, 9.17) is 14.5 Å². The van der Waals surface area contributed by atoms with Gasteiger partial charge in [-0.3, -0.25) is 9.89 Å². The van der Waals surface area contributed by atoms with E-state index in [1.54, 1.807) is 18.4 Å². The van der Waals surface area contributed by atoms with Crippen LogP contribution in [0.4, 0.5) is 0 Å². The molecule has 26 heavy (non-hydrogen) atoms. The zero-order valence-electron chi connectivity index (χ0n) is 16.8. The molecule has 0 radical (unpaired) electrons. The molecule has 6 nitrogen and oxygen atoms in total. The molecular weight excluding hydrogens is 348 g/mol. The zero-order valence-corrected chi connectivity index (χ0v) is 17.6. The van der Waals surface area contributed by atoms with E-state index in [0.29, 0.717) is 19.3 Å². The molecule has 0 saturated heterocycles. The second kappa shape index (κ2) is 15.0. The summed E-state index contributed by atoms with van der Waals surface area (Å²) in [6.45, 7) is 13.0. The maximum Gasteiger partial charge on any atom is 0.191 e. The van der Waals surface area contributed by atoms with Crippen LogP contribution in [0, 0.1) is 0 Å². The number of hydrogen-bond acceptors (Lipinski definition) is 5. The lowest BCUT2D eigenvalue weighted by molar-refractivity contribution is 0.0698. The molecule has 0 bridgehead atoms. The molecule has 1 aromatic rings. The lowest BCUT2D eigenvalue weighted by Gasteiger charge is -2.28. The normalized spacial score (nSPS) is 13.2. The highest BCUT2D eigenvalue weighted by Crippen LogP contribution is 2.23. The van der Waals surface area contributed by atoms with Crippen molar-refractivity contribution in [3.8, 4) is 0 Å². The van der Waals surface area contributed by atoms with Crippen LogP contribution in [0.5, 0.6) is 0 Å². The number of likely N-dealkylation sites (N-methyl/N-ethyl adjacent to an activating group) is 1. The van der Waals surface area contributed by atoms with E-state index in [-0.39, 0.29) is 0 Å². The van der Waals surface area contributed by atoms with Crippen LogP contribution in [-0.4, -0.2) is 70.5 Å². The molecule has 0 fully saturated rings.